The molecular weight excluding hydrogens is 348 g/mol. The highest BCUT2D eigenvalue weighted by Gasteiger charge is 2.14. The molecule has 0 heteroatoms. The molecular formula is C29H28. The number of hydrogen-bond acceptors (Lipinski definition) is 0. The molecule has 0 nitrogen and oxygen atoms in total. The topological polar surface area (TPSA) is 0 Å². The summed E-state index contributed by atoms with van der Waals surface area (Å²) in [5.41, 5.74) is 9.29. The van der Waals surface area contributed by atoms with E-state index in [0.29, 0.717) is 5.92 Å². The van der Waals surface area contributed by atoms with Crippen LogP contribution in [0, 0.1) is 20.8 Å². The second kappa shape index (κ2) is 8.09. The molecule has 4 aromatic rings. The molecule has 0 fully saturated rings. The highest BCUT2D eigenvalue weighted by molar-refractivity contribution is 5.85. The monoisotopic (exact) mass is 376 g/mol. The molecule has 29 heavy (non-hydrogen) atoms. The molecule has 4 rings (SSSR count). The van der Waals surface area contributed by atoms with Gasteiger partial charge in [-0.1, -0.05) is 103 Å². The third-order valence-corrected chi connectivity index (χ3v) is 5.75. The predicted octanol–water partition coefficient (Wildman–Crippen LogP) is 8.00. The maximum Gasteiger partial charge on any atom is -0.0000792 e. The van der Waals surface area contributed by atoms with Gasteiger partial charge in [0.05, 0.1) is 0 Å². The van der Waals surface area contributed by atoms with E-state index in [-0.39, 0.29) is 0 Å². The van der Waals surface area contributed by atoms with E-state index < -0.39 is 0 Å². The third-order valence-electron chi connectivity index (χ3n) is 5.75. The Morgan fingerprint density at radius 3 is 2.00 bits per heavy atom. The van der Waals surface area contributed by atoms with E-state index in [1.807, 2.05) is 0 Å². The van der Waals surface area contributed by atoms with E-state index in [1.54, 1.807) is 0 Å². The fourth-order valence-electron chi connectivity index (χ4n) is 4.38. The van der Waals surface area contributed by atoms with Gasteiger partial charge in [0.15, 0.2) is 0 Å². The quantitative estimate of drug-likeness (QED) is 0.338. The summed E-state index contributed by atoms with van der Waals surface area (Å²) in [5, 5.41) is 2.59. The van der Waals surface area contributed by atoms with Gasteiger partial charge in [0, 0.05) is 0 Å². The second-order valence-electron chi connectivity index (χ2n) is 8.12. The minimum atomic E-state index is 0.315. The highest BCUT2D eigenvalue weighted by atomic mass is 14.2. The fourth-order valence-corrected chi connectivity index (χ4v) is 4.38. The van der Waals surface area contributed by atoms with Crippen molar-refractivity contribution in [3.05, 3.63) is 124 Å². The van der Waals surface area contributed by atoms with Gasteiger partial charge in [0.25, 0.3) is 0 Å². The lowest BCUT2D eigenvalue weighted by Crippen LogP contribution is -1.99. The van der Waals surface area contributed by atoms with Gasteiger partial charge in [-0.25, -0.2) is 0 Å². The number of benzene rings is 4. The summed E-state index contributed by atoms with van der Waals surface area (Å²) < 4.78 is 0. The molecule has 144 valence electrons. The Kier molecular flexibility index (Phi) is 5.36. The number of rotatable bonds is 4. The normalized spacial score (nSPS) is 12.9. The first kappa shape index (κ1) is 19.2. The second-order valence-corrected chi connectivity index (χ2v) is 8.12. The Labute approximate surface area is 174 Å². The molecule has 4 aromatic carbocycles. The third kappa shape index (κ3) is 4.03. The van der Waals surface area contributed by atoms with Crippen LogP contribution in [0.1, 0.15) is 46.2 Å². The van der Waals surface area contributed by atoms with Crippen molar-refractivity contribution in [3.8, 4) is 0 Å². The van der Waals surface area contributed by atoms with Crippen LogP contribution in [0.15, 0.2) is 91.0 Å². The lowest BCUT2D eigenvalue weighted by molar-refractivity contribution is 0.971. The molecule has 0 aliphatic carbocycles. The van der Waals surface area contributed by atoms with E-state index >= 15 is 0 Å². The number of hydrogen-bond donors (Lipinski definition) is 0. The Hall–Kier alpha value is -3.12. The van der Waals surface area contributed by atoms with Crippen LogP contribution in [0.4, 0.5) is 0 Å². The molecule has 0 saturated carbocycles. The van der Waals surface area contributed by atoms with Crippen molar-refractivity contribution < 1.29 is 0 Å². The lowest BCUT2D eigenvalue weighted by atomic mass is 9.86. The SMILES string of the molecule is Cc1cc(C)c(/C(=C/C(C)c2ccc3ccccc3c2)c2ccccc2)c(C)c1. The Morgan fingerprint density at radius 2 is 1.31 bits per heavy atom. The Balaban J connectivity index is 1.85. The summed E-state index contributed by atoms with van der Waals surface area (Å²) in [6.07, 6.45) is 2.43. The van der Waals surface area contributed by atoms with Gasteiger partial charge in [0.2, 0.25) is 0 Å². The zero-order valence-corrected chi connectivity index (χ0v) is 17.7. The Morgan fingerprint density at radius 1 is 0.690 bits per heavy atom. The van der Waals surface area contributed by atoms with Crippen LogP contribution in [0.25, 0.3) is 16.3 Å². The number of aryl methyl sites for hydroxylation is 3. The molecule has 0 radical (unpaired) electrons. The van der Waals surface area contributed by atoms with E-state index in [4.69, 9.17) is 0 Å². The van der Waals surface area contributed by atoms with Gasteiger partial charge >= 0.3 is 0 Å². The van der Waals surface area contributed by atoms with Crippen molar-refractivity contribution in [3.63, 3.8) is 0 Å². The largest absolute Gasteiger partial charge is 0.0688 e. The van der Waals surface area contributed by atoms with Crippen molar-refractivity contribution in [1.29, 1.82) is 0 Å². The first-order valence-electron chi connectivity index (χ1n) is 10.4. The predicted molar refractivity (Wildman–Crippen MR) is 127 cm³/mol. The van der Waals surface area contributed by atoms with Crippen LogP contribution in [0.3, 0.4) is 0 Å². The van der Waals surface area contributed by atoms with Crippen molar-refractivity contribution in [2.24, 2.45) is 0 Å². The first-order valence-corrected chi connectivity index (χ1v) is 10.4. The van der Waals surface area contributed by atoms with Crippen molar-refractivity contribution in [2.75, 3.05) is 0 Å². The van der Waals surface area contributed by atoms with Crippen LogP contribution in [-0.4, -0.2) is 0 Å². The standard InChI is InChI=1S/C29H28/c1-20-16-22(3)29(23(4)17-20)28(25-11-6-5-7-12-25)18-21(2)26-15-14-24-10-8-9-13-27(24)19-26/h5-19,21H,1-4H3/b28-18+. The van der Waals surface area contributed by atoms with Crippen LogP contribution in [-0.2, 0) is 0 Å². The molecule has 1 unspecified atom stereocenters. The molecule has 0 bridgehead atoms. The molecule has 0 amide bonds. The highest BCUT2D eigenvalue weighted by Crippen LogP contribution is 2.33. The van der Waals surface area contributed by atoms with Gasteiger partial charge in [0.1, 0.15) is 0 Å². The summed E-state index contributed by atoms with van der Waals surface area (Å²) in [5.74, 6) is 0.315. The van der Waals surface area contributed by atoms with E-state index in [0.717, 1.165) is 0 Å². The maximum atomic E-state index is 2.43. The average molecular weight is 377 g/mol. The summed E-state index contributed by atoms with van der Waals surface area (Å²) in [4.78, 5) is 0. The molecule has 0 N–H and O–H groups in total. The molecule has 0 heterocycles. The molecule has 0 aliphatic rings. The van der Waals surface area contributed by atoms with E-state index in [2.05, 4.69) is 119 Å². The van der Waals surface area contributed by atoms with Crippen LogP contribution in [0.2, 0.25) is 0 Å². The summed E-state index contributed by atoms with van der Waals surface area (Å²) in [7, 11) is 0. The minimum absolute atomic E-state index is 0.315. The summed E-state index contributed by atoms with van der Waals surface area (Å²) >= 11 is 0. The van der Waals surface area contributed by atoms with Crippen molar-refractivity contribution in [2.45, 2.75) is 33.6 Å². The van der Waals surface area contributed by atoms with Crippen LogP contribution < -0.4 is 0 Å². The van der Waals surface area contributed by atoms with Crippen LogP contribution >= 0.6 is 0 Å². The van der Waals surface area contributed by atoms with Gasteiger partial charge in [-0.15, -0.1) is 0 Å². The van der Waals surface area contributed by atoms with Gasteiger partial charge in [-0.3, -0.25) is 0 Å². The van der Waals surface area contributed by atoms with Gasteiger partial charge in [-0.2, -0.15) is 0 Å². The fraction of sp³-hybridized carbons (Fsp3) is 0.172. The summed E-state index contributed by atoms with van der Waals surface area (Å²) in [6.45, 7) is 8.93. The molecule has 0 saturated heterocycles. The van der Waals surface area contributed by atoms with Crippen molar-refractivity contribution >= 4 is 16.3 Å². The zero-order valence-electron chi connectivity index (χ0n) is 17.7. The van der Waals surface area contributed by atoms with E-state index in [9.17, 15) is 0 Å². The Bertz CT molecular complexity index is 1160. The average Bonchev–Trinajstić information content (AvgIpc) is 2.72. The number of fused-ring (bicyclic) bond motifs is 1. The van der Waals surface area contributed by atoms with E-state index in [1.165, 1.54) is 49.7 Å². The number of allylic oxidation sites excluding steroid dienone is 1. The minimum Gasteiger partial charge on any atom is -0.0688 e. The lowest BCUT2D eigenvalue weighted by Gasteiger charge is -2.18. The van der Waals surface area contributed by atoms with Gasteiger partial charge in [-0.05, 0) is 70.9 Å². The molecule has 0 spiro atoms. The van der Waals surface area contributed by atoms with Gasteiger partial charge < -0.3 is 0 Å². The zero-order chi connectivity index (χ0) is 20.4. The maximum absolute atomic E-state index is 2.43. The smallest absolute Gasteiger partial charge is 0.0000792 e. The summed E-state index contributed by atoms with van der Waals surface area (Å²) in [6, 6.07) is 30.8. The molecule has 0 aromatic heterocycles. The first-order chi connectivity index (χ1) is 14.0. The van der Waals surface area contributed by atoms with Crippen molar-refractivity contribution in [1.82, 2.24) is 0 Å². The molecule has 1 atom stereocenters. The van der Waals surface area contributed by atoms with Crippen LogP contribution in [0.5, 0.6) is 0 Å². The molecule has 0 aliphatic heterocycles.